The number of hydrogen-bond donors (Lipinski definition) is 0. The lowest BCUT2D eigenvalue weighted by Gasteiger charge is -2.08. The summed E-state index contributed by atoms with van der Waals surface area (Å²) in [5.74, 6) is 0. The van der Waals surface area contributed by atoms with E-state index in [9.17, 15) is 18.5 Å². The molecule has 4 aromatic rings. The van der Waals surface area contributed by atoms with Crippen LogP contribution in [0.15, 0.2) is 51.8 Å². The Labute approximate surface area is 174 Å². The second-order valence-electron chi connectivity index (χ2n) is 6.30. The minimum absolute atomic E-state index is 0.000346. The Morgan fingerprint density at radius 2 is 1.97 bits per heavy atom. The number of fused-ring (bicyclic) bond motifs is 1. The highest BCUT2D eigenvalue weighted by atomic mass is 35.5. The Hall–Kier alpha value is -2.82. The molecule has 0 aliphatic carbocycles. The molecule has 0 aliphatic rings. The van der Waals surface area contributed by atoms with Gasteiger partial charge in [0, 0.05) is 18.3 Å². The fourth-order valence-electron chi connectivity index (χ4n) is 2.97. The number of rotatable bonds is 4. The molecule has 0 bridgehead atoms. The normalized spacial score (nSPS) is 11.8. The molecule has 0 unspecified atom stereocenters. The van der Waals surface area contributed by atoms with E-state index in [4.69, 9.17) is 11.6 Å². The maximum atomic E-state index is 13.5. The van der Waals surface area contributed by atoms with E-state index in [-0.39, 0.29) is 20.5 Å². The summed E-state index contributed by atoms with van der Waals surface area (Å²) in [4.78, 5) is 19.1. The topological polar surface area (TPSA) is 107 Å². The van der Waals surface area contributed by atoms with Gasteiger partial charge in [-0.25, -0.2) is 18.4 Å². The summed E-state index contributed by atoms with van der Waals surface area (Å²) in [5, 5.41) is 12.1. The van der Waals surface area contributed by atoms with Gasteiger partial charge in [-0.15, -0.1) is 11.3 Å². The van der Waals surface area contributed by atoms with Crippen LogP contribution in [0.2, 0.25) is 5.02 Å². The molecule has 148 valence electrons. The molecule has 0 spiro atoms. The summed E-state index contributed by atoms with van der Waals surface area (Å²) in [7, 11) is -4.06. The van der Waals surface area contributed by atoms with Gasteiger partial charge in [-0.2, -0.15) is 0 Å². The molecule has 0 aliphatic heterocycles. The van der Waals surface area contributed by atoms with Gasteiger partial charge in [0.25, 0.3) is 5.69 Å². The number of sulfone groups is 1. The van der Waals surface area contributed by atoms with E-state index >= 15 is 0 Å². The van der Waals surface area contributed by atoms with Crippen molar-refractivity contribution in [1.82, 2.24) is 14.4 Å². The van der Waals surface area contributed by atoms with E-state index < -0.39 is 14.8 Å². The van der Waals surface area contributed by atoms with Crippen LogP contribution >= 0.6 is 22.9 Å². The van der Waals surface area contributed by atoms with Crippen LogP contribution in [0.1, 0.15) is 10.6 Å². The van der Waals surface area contributed by atoms with Crippen LogP contribution in [0.3, 0.4) is 0 Å². The van der Waals surface area contributed by atoms with Gasteiger partial charge < -0.3 is 0 Å². The van der Waals surface area contributed by atoms with Crippen LogP contribution in [0.25, 0.3) is 17.0 Å². The summed E-state index contributed by atoms with van der Waals surface area (Å²) >= 11 is 7.09. The fraction of sp³-hybridized carbons (Fsp3) is 0.111. The Balaban J connectivity index is 1.97. The molecule has 0 saturated heterocycles. The summed E-state index contributed by atoms with van der Waals surface area (Å²) in [6.45, 7) is 3.29. The lowest BCUT2D eigenvalue weighted by Crippen LogP contribution is -2.05. The Bertz CT molecular complexity index is 1390. The molecule has 0 fully saturated rings. The molecule has 0 amide bonds. The maximum Gasteiger partial charge on any atom is 0.270 e. The van der Waals surface area contributed by atoms with E-state index in [2.05, 4.69) is 9.97 Å². The van der Waals surface area contributed by atoms with Crippen molar-refractivity contribution < 1.29 is 13.3 Å². The average Bonchev–Trinajstić information content (AvgIpc) is 3.24. The third-order valence-electron chi connectivity index (χ3n) is 4.33. The molecule has 0 saturated carbocycles. The van der Waals surface area contributed by atoms with Crippen LogP contribution < -0.4 is 0 Å². The van der Waals surface area contributed by atoms with E-state index in [0.29, 0.717) is 26.9 Å². The summed E-state index contributed by atoms with van der Waals surface area (Å²) in [6, 6.07) is 7.18. The van der Waals surface area contributed by atoms with Gasteiger partial charge in [-0.1, -0.05) is 17.7 Å². The monoisotopic (exact) mass is 448 g/mol. The van der Waals surface area contributed by atoms with Crippen molar-refractivity contribution >= 4 is 44.1 Å². The number of aryl methyl sites for hydroxylation is 2. The summed E-state index contributed by atoms with van der Waals surface area (Å²) in [5.41, 5.74) is 1.40. The molecule has 29 heavy (non-hydrogen) atoms. The number of non-ortho nitro benzene ring substituents is 1. The second-order valence-corrected chi connectivity index (χ2v) is 10.1. The first kappa shape index (κ1) is 19.5. The second kappa shape index (κ2) is 6.90. The van der Waals surface area contributed by atoms with Gasteiger partial charge in [0.15, 0.2) is 4.21 Å². The quantitative estimate of drug-likeness (QED) is 0.336. The number of aromatic nitrogens is 3. The predicted molar refractivity (Wildman–Crippen MR) is 109 cm³/mol. The van der Waals surface area contributed by atoms with Crippen molar-refractivity contribution in [3.8, 4) is 11.4 Å². The van der Waals surface area contributed by atoms with Crippen LogP contribution in [0.4, 0.5) is 5.69 Å². The van der Waals surface area contributed by atoms with Gasteiger partial charge in [-0.05, 0) is 31.5 Å². The zero-order valence-corrected chi connectivity index (χ0v) is 17.5. The van der Waals surface area contributed by atoms with Crippen LogP contribution in [0, 0.1) is 24.0 Å². The number of thiazole rings is 1. The number of benzene rings is 1. The molecule has 1 aromatic carbocycles. The lowest BCUT2D eigenvalue weighted by molar-refractivity contribution is -0.385. The molecule has 11 heteroatoms. The number of imidazole rings is 1. The Kier molecular flexibility index (Phi) is 4.64. The molecule has 3 aromatic heterocycles. The summed E-state index contributed by atoms with van der Waals surface area (Å²) < 4.78 is 28.6. The first-order valence-electron chi connectivity index (χ1n) is 8.29. The van der Waals surface area contributed by atoms with Gasteiger partial charge >= 0.3 is 0 Å². The molecular formula is C18H13ClN4O4S2. The Morgan fingerprint density at radius 1 is 1.21 bits per heavy atom. The van der Waals surface area contributed by atoms with Crippen molar-refractivity contribution in [1.29, 1.82) is 0 Å². The van der Waals surface area contributed by atoms with Gasteiger partial charge in [0.2, 0.25) is 9.84 Å². The van der Waals surface area contributed by atoms with Crippen LogP contribution in [0.5, 0.6) is 0 Å². The average molecular weight is 449 g/mol. The lowest BCUT2D eigenvalue weighted by atomic mass is 10.2. The maximum absolute atomic E-state index is 13.5. The molecule has 3 heterocycles. The van der Waals surface area contributed by atoms with Gasteiger partial charge in [-0.3, -0.25) is 14.5 Å². The van der Waals surface area contributed by atoms with Crippen molar-refractivity contribution in [2.24, 2.45) is 0 Å². The van der Waals surface area contributed by atoms with E-state index in [1.807, 2.05) is 0 Å². The van der Waals surface area contributed by atoms with Crippen LogP contribution in [-0.4, -0.2) is 27.7 Å². The van der Waals surface area contributed by atoms with E-state index in [0.717, 1.165) is 17.4 Å². The zero-order chi connectivity index (χ0) is 20.9. The fourth-order valence-corrected chi connectivity index (χ4v) is 6.23. The first-order chi connectivity index (χ1) is 13.7. The molecule has 0 atom stereocenters. The number of nitrogens with zero attached hydrogens (tertiary/aromatic N) is 4. The SMILES string of the molecule is Cc1nc(-c2cnc3ccc(Cl)cn23)c(S(=O)(=O)c2cc([N+](=O)[O-])ccc2C)s1. The minimum atomic E-state index is -4.06. The molecule has 4 rings (SSSR count). The number of nitro groups is 1. The third-order valence-corrected chi connectivity index (χ3v) is 7.93. The zero-order valence-electron chi connectivity index (χ0n) is 15.2. The first-order valence-corrected chi connectivity index (χ1v) is 11.0. The molecule has 8 nitrogen and oxygen atoms in total. The highest BCUT2D eigenvalue weighted by Crippen LogP contribution is 2.38. The van der Waals surface area contributed by atoms with Crippen molar-refractivity contribution in [3.05, 3.63) is 68.4 Å². The van der Waals surface area contributed by atoms with Crippen LogP contribution in [-0.2, 0) is 9.84 Å². The molecule has 0 radical (unpaired) electrons. The van der Waals surface area contributed by atoms with Crippen molar-refractivity contribution in [2.75, 3.05) is 0 Å². The van der Waals surface area contributed by atoms with Gasteiger partial charge in [0.05, 0.1) is 31.7 Å². The highest BCUT2D eigenvalue weighted by molar-refractivity contribution is 7.93. The standard InChI is InChI=1S/C18H13ClN4O4S2/c1-10-3-5-13(23(24)25)7-15(10)29(26,27)18-17(21-11(2)28-18)14-8-20-16-6-4-12(19)9-22(14)16/h3-9H,1-2H3. The molecule has 0 N–H and O–H groups in total. The van der Waals surface area contributed by atoms with E-state index in [1.54, 1.807) is 36.6 Å². The smallest absolute Gasteiger partial charge is 0.270 e. The molecular weight excluding hydrogens is 436 g/mol. The van der Waals surface area contributed by atoms with Gasteiger partial charge in [0.1, 0.15) is 11.3 Å². The number of hydrogen-bond acceptors (Lipinski definition) is 7. The van der Waals surface area contributed by atoms with Crippen molar-refractivity contribution in [3.63, 3.8) is 0 Å². The Morgan fingerprint density at radius 3 is 2.69 bits per heavy atom. The largest absolute Gasteiger partial charge is 0.297 e. The highest BCUT2D eigenvalue weighted by Gasteiger charge is 2.30. The van der Waals surface area contributed by atoms with Crippen molar-refractivity contribution in [2.45, 2.75) is 23.0 Å². The number of pyridine rings is 1. The number of halogens is 1. The third kappa shape index (κ3) is 3.28. The predicted octanol–water partition coefficient (Wildman–Crippen LogP) is 4.47. The van der Waals surface area contributed by atoms with E-state index in [1.165, 1.54) is 18.3 Å². The minimum Gasteiger partial charge on any atom is -0.297 e. The summed E-state index contributed by atoms with van der Waals surface area (Å²) in [6.07, 6.45) is 3.16. The number of nitro benzene ring substituents is 1.